The molecule has 1 N–H and O–H groups in total. The van der Waals surface area contributed by atoms with Crippen molar-refractivity contribution in [1.29, 1.82) is 0 Å². The molecule has 0 amide bonds. The smallest absolute Gasteiger partial charge is 0.201 e. The molecule has 0 aromatic carbocycles. The Kier molecular flexibility index (Phi) is 5.57. The third-order valence-corrected chi connectivity index (χ3v) is 4.70. The standard InChI is InChI=1S/C12H27O2P/c1-10(2)8-15(13,14)9-11(3)7-12(4,5)6/h10-11H,7-9H2,1-6H3,(H,13,14). The van der Waals surface area contributed by atoms with Crippen LogP contribution in [0.2, 0.25) is 0 Å². The van der Waals surface area contributed by atoms with Gasteiger partial charge in [0.2, 0.25) is 7.37 Å². The molecule has 3 heteroatoms. The zero-order valence-electron chi connectivity index (χ0n) is 11.1. The summed E-state index contributed by atoms with van der Waals surface area (Å²) in [6.45, 7) is 12.6. The minimum atomic E-state index is -2.89. The normalized spacial score (nSPS) is 18.9. The van der Waals surface area contributed by atoms with E-state index in [-0.39, 0.29) is 5.41 Å². The summed E-state index contributed by atoms with van der Waals surface area (Å²) in [6, 6.07) is 0. The van der Waals surface area contributed by atoms with Gasteiger partial charge in [0.15, 0.2) is 0 Å². The van der Waals surface area contributed by atoms with Crippen molar-refractivity contribution >= 4 is 7.37 Å². The molecule has 0 saturated heterocycles. The lowest BCUT2D eigenvalue weighted by Crippen LogP contribution is -2.15. The molecule has 2 unspecified atom stereocenters. The van der Waals surface area contributed by atoms with E-state index in [1.54, 1.807) is 0 Å². The van der Waals surface area contributed by atoms with Crippen molar-refractivity contribution in [1.82, 2.24) is 0 Å². The Labute approximate surface area is 94.9 Å². The van der Waals surface area contributed by atoms with Crippen molar-refractivity contribution in [3.63, 3.8) is 0 Å². The van der Waals surface area contributed by atoms with E-state index in [9.17, 15) is 9.46 Å². The highest BCUT2D eigenvalue weighted by atomic mass is 31.2. The molecular formula is C12H27O2P. The third kappa shape index (κ3) is 9.14. The summed E-state index contributed by atoms with van der Waals surface area (Å²) < 4.78 is 11.9. The molecule has 0 aliphatic rings. The Bertz CT molecular complexity index is 228. The maximum absolute atomic E-state index is 11.9. The van der Waals surface area contributed by atoms with Gasteiger partial charge in [-0.2, -0.15) is 0 Å². The molecule has 92 valence electrons. The van der Waals surface area contributed by atoms with Crippen LogP contribution in [0.3, 0.4) is 0 Å². The molecule has 15 heavy (non-hydrogen) atoms. The quantitative estimate of drug-likeness (QED) is 0.730. The van der Waals surface area contributed by atoms with Gasteiger partial charge in [0, 0.05) is 12.3 Å². The predicted octanol–water partition coefficient (Wildman–Crippen LogP) is 3.99. The van der Waals surface area contributed by atoms with Crippen molar-refractivity contribution in [3.05, 3.63) is 0 Å². The largest absolute Gasteiger partial charge is 0.344 e. The first-order valence-electron chi connectivity index (χ1n) is 5.83. The Balaban J connectivity index is 4.16. The third-order valence-electron chi connectivity index (χ3n) is 2.21. The molecule has 0 aromatic rings. The second-order valence-corrected chi connectivity index (χ2v) is 8.90. The van der Waals surface area contributed by atoms with Gasteiger partial charge in [-0.15, -0.1) is 0 Å². The second kappa shape index (κ2) is 5.50. The van der Waals surface area contributed by atoms with E-state index in [1.807, 2.05) is 13.8 Å². The van der Waals surface area contributed by atoms with E-state index < -0.39 is 7.37 Å². The minimum Gasteiger partial charge on any atom is -0.344 e. The Hall–Kier alpha value is 0.190. The fourth-order valence-electron chi connectivity index (χ4n) is 2.24. The lowest BCUT2D eigenvalue weighted by molar-refractivity contribution is 0.317. The molecule has 0 heterocycles. The molecule has 2 nitrogen and oxygen atoms in total. The van der Waals surface area contributed by atoms with E-state index >= 15 is 0 Å². The number of rotatable bonds is 5. The van der Waals surface area contributed by atoms with Crippen molar-refractivity contribution in [3.8, 4) is 0 Å². The monoisotopic (exact) mass is 234 g/mol. The molecule has 2 atom stereocenters. The summed E-state index contributed by atoms with van der Waals surface area (Å²) >= 11 is 0. The topological polar surface area (TPSA) is 37.3 Å². The SMILES string of the molecule is CC(C)CP(=O)(O)CC(C)CC(C)(C)C. The maximum atomic E-state index is 11.9. The van der Waals surface area contributed by atoms with Crippen LogP contribution < -0.4 is 0 Å². The van der Waals surface area contributed by atoms with Crippen LogP contribution in [-0.4, -0.2) is 17.2 Å². The summed E-state index contributed by atoms with van der Waals surface area (Å²) in [4.78, 5) is 9.81. The van der Waals surface area contributed by atoms with Gasteiger partial charge >= 0.3 is 0 Å². The highest BCUT2D eigenvalue weighted by molar-refractivity contribution is 7.58. The molecule has 0 aliphatic heterocycles. The molecule has 0 radical (unpaired) electrons. The van der Waals surface area contributed by atoms with Crippen LogP contribution in [0.25, 0.3) is 0 Å². The van der Waals surface area contributed by atoms with E-state index in [0.717, 1.165) is 6.42 Å². The predicted molar refractivity (Wildman–Crippen MR) is 67.6 cm³/mol. The van der Waals surface area contributed by atoms with Crippen LogP contribution in [0.15, 0.2) is 0 Å². The van der Waals surface area contributed by atoms with Gasteiger partial charge in [0.25, 0.3) is 0 Å². The first kappa shape index (κ1) is 15.2. The number of hydrogen-bond donors (Lipinski definition) is 1. The molecule has 0 saturated carbocycles. The summed E-state index contributed by atoms with van der Waals surface area (Å²) in [5.41, 5.74) is 0.247. The molecule has 0 spiro atoms. The molecule has 0 aliphatic carbocycles. The highest BCUT2D eigenvalue weighted by Crippen LogP contribution is 2.45. The zero-order chi connectivity index (χ0) is 12.3. The summed E-state index contributed by atoms with van der Waals surface area (Å²) in [5.74, 6) is 0.641. The highest BCUT2D eigenvalue weighted by Gasteiger charge is 2.25. The average Bonchev–Trinajstić information content (AvgIpc) is 1.73. The molecule has 0 aromatic heterocycles. The van der Waals surface area contributed by atoms with E-state index in [1.165, 1.54) is 0 Å². The Morgan fingerprint density at radius 1 is 1.13 bits per heavy atom. The lowest BCUT2D eigenvalue weighted by Gasteiger charge is -2.25. The van der Waals surface area contributed by atoms with Crippen molar-refractivity contribution in [2.24, 2.45) is 17.3 Å². The molecule has 0 bridgehead atoms. The van der Waals surface area contributed by atoms with Crippen molar-refractivity contribution in [2.45, 2.75) is 48.0 Å². The van der Waals surface area contributed by atoms with Gasteiger partial charge < -0.3 is 4.89 Å². The van der Waals surface area contributed by atoms with Crippen LogP contribution in [0.4, 0.5) is 0 Å². The Morgan fingerprint density at radius 3 is 1.93 bits per heavy atom. The van der Waals surface area contributed by atoms with Crippen LogP contribution in [0.5, 0.6) is 0 Å². The van der Waals surface area contributed by atoms with Crippen LogP contribution in [0.1, 0.15) is 48.0 Å². The van der Waals surface area contributed by atoms with Crippen LogP contribution >= 0.6 is 7.37 Å². The number of hydrogen-bond acceptors (Lipinski definition) is 1. The van der Waals surface area contributed by atoms with Crippen LogP contribution in [0, 0.1) is 17.3 Å². The average molecular weight is 234 g/mol. The Morgan fingerprint density at radius 2 is 1.60 bits per heavy atom. The van der Waals surface area contributed by atoms with Gasteiger partial charge in [0.05, 0.1) is 0 Å². The summed E-state index contributed by atoms with van der Waals surface area (Å²) in [5, 5.41) is 0. The molecule has 0 fully saturated rings. The molecular weight excluding hydrogens is 207 g/mol. The first-order valence-corrected chi connectivity index (χ1v) is 7.86. The first-order chi connectivity index (χ1) is 6.52. The van der Waals surface area contributed by atoms with Gasteiger partial charge in [-0.25, -0.2) is 0 Å². The minimum absolute atomic E-state index is 0.247. The van der Waals surface area contributed by atoms with E-state index in [2.05, 4.69) is 27.7 Å². The zero-order valence-corrected chi connectivity index (χ0v) is 12.0. The van der Waals surface area contributed by atoms with Crippen LogP contribution in [-0.2, 0) is 4.57 Å². The molecule has 0 rings (SSSR count). The van der Waals surface area contributed by atoms with E-state index in [4.69, 9.17) is 0 Å². The maximum Gasteiger partial charge on any atom is 0.201 e. The van der Waals surface area contributed by atoms with Gasteiger partial charge in [-0.05, 0) is 23.7 Å². The van der Waals surface area contributed by atoms with Gasteiger partial charge in [0.1, 0.15) is 0 Å². The summed E-state index contributed by atoms with van der Waals surface area (Å²) in [7, 11) is -2.89. The lowest BCUT2D eigenvalue weighted by atomic mass is 9.86. The fourth-order valence-corrected chi connectivity index (χ4v) is 4.64. The van der Waals surface area contributed by atoms with Gasteiger partial charge in [-0.3, -0.25) is 4.57 Å². The fraction of sp³-hybridized carbons (Fsp3) is 1.00. The van der Waals surface area contributed by atoms with Crippen molar-refractivity contribution in [2.75, 3.05) is 12.3 Å². The van der Waals surface area contributed by atoms with Gasteiger partial charge in [-0.1, -0.05) is 41.5 Å². The van der Waals surface area contributed by atoms with E-state index in [0.29, 0.717) is 24.2 Å². The summed E-state index contributed by atoms with van der Waals surface area (Å²) in [6.07, 6.45) is 1.94. The van der Waals surface area contributed by atoms with Crippen molar-refractivity contribution < 1.29 is 9.46 Å². The second-order valence-electron chi connectivity index (χ2n) is 6.48.